The number of nitrogens with zero attached hydrogens (tertiary/aromatic N) is 2. The van der Waals surface area contributed by atoms with Crippen molar-refractivity contribution in [3.05, 3.63) is 79.3 Å². The van der Waals surface area contributed by atoms with E-state index in [0.29, 0.717) is 5.69 Å². The van der Waals surface area contributed by atoms with Gasteiger partial charge in [0, 0.05) is 18.0 Å². The number of rotatable bonds is 8. The molecule has 0 saturated heterocycles. The summed E-state index contributed by atoms with van der Waals surface area (Å²) in [6.07, 6.45) is 0. The average Bonchev–Trinajstić information content (AvgIpc) is 3.24. The lowest BCUT2D eigenvalue weighted by Gasteiger charge is -2.13. The number of benzene rings is 2. The van der Waals surface area contributed by atoms with Crippen LogP contribution in [0.15, 0.2) is 41.2 Å². The summed E-state index contributed by atoms with van der Waals surface area (Å²) in [6, 6.07) is 8.42. The van der Waals surface area contributed by atoms with Crippen LogP contribution in [0.3, 0.4) is 0 Å². The molecule has 0 aliphatic carbocycles. The summed E-state index contributed by atoms with van der Waals surface area (Å²) in [5.74, 6) is -0.165. The van der Waals surface area contributed by atoms with Crippen molar-refractivity contribution >= 4 is 22.9 Å². The van der Waals surface area contributed by atoms with Gasteiger partial charge in [-0.15, -0.1) is 11.3 Å². The number of nitro groups is 1. The average molecular weight is 427 g/mol. The van der Waals surface area contributed by atoms with Crippen molar-refractivity contribution in [2.45, 2.75) is 27.0 Å². The Balaban J connectivity index is 1.83. The van der Waals surface area contributed by atoms with Crippen LogP contribution in [0, 0.1) is 24.0 Å². The van der Waals surface area contributed by atoms with Crippen LogP contribution in [0.2, 0.25) is 0 Å². The second-order valence-corrected chi connectivity index (χ2v) is 7.38. The highest BCUT2D eigenvalue weighted by atomic mass is 32.1. The van der Waals surface area contributed by atoms with Crippen molar-refractivity contribution in [2.24, 2.45) is 0 Å². The Kier molecular flexibility index (Phi) is 6.63. The van der Waals surface area contributed by atoms with E-state index in [0.717, 1.165) is 16.7 Å². The molecule has 0 unspecified atom stereocenters. The quantitative estimate of drug-likeness (QED) is 0.427. The lowest BCUT2D eigenvalue weighted by atomic mass is 10.1. The van der Waals surface area contributed by atoms with Gasteiger partial charge in [0.2, 0.25) is 0 Å². The van der Waals surface area contributed by atoms with E-state index in [1.165, 1.54) is 30.6 Å². The first kappa shape index (κ1) is 21.3. The molecule has 1 heterocycles. The van der Waals surface area contributed by atoms with Gasteiger partial charge >= 0.3 is 0 Å². The van der Waals surface area contributed by atoms with Gasteiger partial charge in [-0.25, -0.2) is 4.98 Å². The Labute approximate surface area is 177 Å². The molecule has 9 heteroatoms. The van der Waals surface area contributed by atoms with Crippen molar-refractivity contribution in [1.29, 1.82) is 0 Å². The summed E-state index contributed by atoms with van der Waals surface area (Å²) in [4.78, 5) is 27.8. The first-order chi connectivity index (χ1) is 14.4. The molecule has 0 spiro atoms. The number of hydrogen-bond donors (Lipinski definition) is 1. The monoisotopic (exact) mass is 427 g/mol. The zero-order valence-electron chi connectivity index (χ0n) is 16.8. The zero-order valence-corrected chi connectivity index (χ0v) is 17.6. The van der Waals surface area contributed by atoms with Crippen LogP contribution < -0.4 is 14.8 Å². The molecule has 3 aromatic rings. The number of aryl methyl sites for hydroxylation is 2. The number of nitrogens with one attached hydrogen (secondary N) is 1. The molecule has 1 N–H and O–H groups in total. The molecule has 0 aliphatic heterocycles. The predicted molar refractivity (Wildman–Crippen MR) is 113 cm³/mol. The minimum Gasteiger partial charge on any atom is -0.493 e. The Morgan fingerprint density at radius 3 is 2.67 bits per heavy atom. The van der Waals surface area contributed by atoms with Gasteiger partial charge in [-0.1, -0.05) is 23.8 Å². The number of hydrogen-bond acceptors (Lipinski definition) is 7. The van der Waals surface area contributed by atoms with E-state index in [-0.39, 0.29) is 35.9 Å². The van der Waals surface area contributed by atoms with Crippen LogP contribution in [-0.2, 0) is 13.2 Å². The number of thiazole rings is 1. The molecule has 156 valence electrons. The third-order valence-corrected chi connectivity index (χ3v) is 5.16. The molecular formula is C21H21N3O5S. The van der Waals surface area contributed by atoms with Gasteiger partial charge < -0.3 is 14.8 Å². The van der Waals surface area contributed by atoms with Crippen LogP contribution in [-0.4, -0.2) is 22.9 Å². The van der Waals surface area contributed by atoms with Crippen LogP contribution in [0.1, 0.15) is 32.7 Å². The minimum atomic E-state index is -0.610. The molecule has 1 aromatic heterocycles. The van der Waals surface area contributed by atoms with E-state index in [2.05, 4.69) is 10.3 Å². The lowest BCUT2D eigenvalue weighted by molar-refractivity contribution is -0.385. The molecule has 0 atom stereocenters. The van der Waals surface area contributed by atoms with Gasteiger partial charge in [-0.05, 0) is 25.0 Å². The Morgan fingerprint density at radius 1 is 1.23 bits per heavy atom. The molecule has 0 saturated carbocycles. The maximum atomic E-state index is 12.7. The molecule has 8 nitrogen and oxygen atoms in total. The predicted octanol–water partition coefficient (Wildman–Crippen LogP) is 4.19. The number of methoxy groups -OCH3 is 1. The molecule has 3 rings (SSSR count). The fraction of sp³-hybridized carbons (Fsp3) is 0.238. The molecule has 2 aromatic carbocycles. The van der Waals surface area contributed by atoms with Crippen LogP contribution in [0.25, 0.3) is 0 Å². The first-order valence-electron chi connectivity index (χ1n) is 9.09. The van der Waals surface area contributed by atoms with Crippen LogP contribution in [0.5, 0.6) is 11.5 Å². The number of carbonyl (C=O) groups excluding carboxylic acids is 1. The summed E-state index contributed by atoms with van der Waals surface area (Å²) in [6.45, 7) is 4.33. The maximum absolute atomic E-state index is 12.7. The van der Waals surface area contributed by atoms with E-state index >= 15 is 0 Å². The third kappa shape index (κ3) is 4.93. The van der Waals surface area contributed by atoms with E-state index in [4.69, 9.17) is 9.47 Å². The number of nitro benzene ring substituents is 1. The zero-order chi connectivity index (χ0) is 21.7. The van der Waals surface area contributed by atoms with Gasteiger partial charge in [-0.3, -0.25) is 14.9 Å². The highest BCUT2D eigenvalue weighted by molar-refractivity contribution is 7.07. The van der Waals surface area contributed by atoms with Gasteiger partial charge in [0.1, 0.15) is 12.2 Å². The van der Waals surface area contributed by atoms with Crippen molar-refractivity contribution < 1.29 is 19.2 Å². The fourth-order valence-electron chi connectivity index (χ4n) is 2.93. The van der Waals surface area contributed by atoms with Crippen molar-refractivity contribution in [2.75, 3.05) is 7.11 Å². The number of carbonyl (C=O) groups is 1. The van der Waals surface area contributed by atoms with E-state index < -0.39 is 10.8 Å². The molecule has 0 bridgehead atoms. The Hall–Kier alpha value is -3.46. The normalized spacial score (nSPS) is 10.5. The Bertz CT molecular complexity index is 1070. The van der Waals surface area contributed by atoms with Gasteiger partial charge in [0.25, 0.3) is 11.6 Å². The topological polar surface area (TPSA) is 104 Å². The highest BCUT2D eigenvalue weighted by Gasteiger charge is 2.25. The molecule has 0 aliphatic rings. The number of aromatic nitrogens is 1. The standard InChI is InChI=1S/C21H21N3O5S/c1-13-4-5-15(14(2)6-13)9-22-21(25)17-7-19(28-3)20(8-18(17)24(26)27)29-10-16-11-30-12-23-16/h4-8,11-12H,9-10H2,1-3H3,(H,22,25). The number of ether oxygens (including phenoxy) is 2. The van der Waals surface area contributed by atoms with Crippen LogP contribution in [0.4, 0.5) is 5.69 Å². The first-order valence-corrected chi connectivity index (χ1v) is 10.0. The van der Waals surface area contributed by atoms with E-state index in [1.54, 1.807) is 5.51 Å². The highest BCUT2D eigenvalue weighted by Crippen LogP contribution is 2.35. The van der Waals surface area contributed by atoms with Gasteiger partial charge in [0.05, 0.1) is 29.3 Å². The SMILES string of the molecule is COc1cc(C(=O)NCc2ccc(C)cc2C)c([N+](=O)[O-])cc1OCc1cscn1. The summed E-state index contributed by atoms with van der Waals surface area (Å²) >= 11 is 1.42. The van der Waals surface area contributed by atoms with Crippen LogP contribution >= 0.6 is 11.3 Å². The summed E-state index contributed by atoms with van der Waals surface area (Å²) in [7, 11) is 1.41. The summed E-state index contributed by atoms with van der Waals surface area (Å²) in [5.41, 5.74) is 5.00. The molecule has 0 radical (unpaired) electrons. The van der Waals surface area contributed by atoms with E-state index in [9.17, 15) is 14.9 Å². The Morgan fingerprint density at radius 2 is 2.03 bits per heavy atom. The maximum Gasteiger partial charge on any atom is 0.286 e. The molecular weight excluding hydrogens is 406 g/mol. The number of amides is 1. The fourth-order valence-corrected chi connectivity index (χ4v) is 3.47. The van der Waals surface area contributed by atoms with Crippen molar-refractivity contribution in [3.8, 4) is 11.5 Å². The largest absolute Gasteiger partial charge is 0.493 e. The summed E-state index contributed by atoms with van der Waals surface area (Å²) < 4.78 is 10.9. The van der Waals surface area contributed by atoms with Gasteiger partial charge in [-0.2, -0.15) is 0 Å². The van der Waals surface area contributed by atoms with E-state index in [1.807, 2.05) is 37.4 Å². The third-order valence-electron chi connectivity index (χ3n) is 4.52. The second kappa shape index (κ2) is 9.36. The van der Waals surface area contributed by atoms with Gasteiger partial charge in [0.15, 0.2) is 11.5 Å². The summed E-state index contributed by atoms with van der Waals surface area (Å²) in [5, 5.41) is 16.2. The lowest BCUT2D eigenvalue weighted by Crippen LogP contribution is -2.24. The molecule has 0 fully saturated rings. The van der Waals surface area contributed by atoms with Crippen molar-refractivity contribution in [3.63, 3.8) is 0 Å². The van der Waals surface area contributed by atoms with Crippen molar-refractivity contribution in [1.82, 2.24) is 10.3 Å². The molecule has 30 heavy (non-hydrogen) atoms. The molecule has 1 amide bonds. The second-order valence-electron chi connectivity index (χ2n) is 6.66. The minimum absolute atomic E-state index is 0.0948. The smallest absolute Gasteiger partial charge is 0.286 e.